The molecule has 1 N–H and O–H groups in total. The highest BCUT2D eigenvalue weighted by Gasteiger charge is 2.55. The van der Waals surface area contributed by atoms with Crippen LogP contribution in [-0.2, 0) is 14.3 Å². The Morgan fingerprint density at radius 2 is 2.22 bits per heavy atom. The topological polar surface area (TPSA) is 99.9 Å². The van der Waals surface area contributed by atoms with Crippen LogP contribution in [0.2, 0.25) is 0 Å². The van der Waals surface area contributed by atoms with Crippen molar-refractivity contribution in [3.8, 4) is 5.88 Å². The smallest absolute Gasteiger partial charge is 0.353 e. The van der Waals surface area contributed by atoms with E-state index in [9.17, 15) is 14.7 Å². The maximum Gasteiger partial charge on any atom is 0.353 e. The normalized spacial score (nSPS) is 30.2. The third-order valence-electron chi connectivity index (χ3n) is 3.76. The van der Waals surface area contributed by atoms with E-state index in [1.807, 2.05) is 6.92 Å². The molecule has 0 bridgehead atoms. The van der Waals surface area contributed by atoms with Crippen molar-refractivity contribution in [3.63, 3.8) is 0 Å². The second-order valence-electron chi connectivity index (χ2n) is 5.58. The van der Waals surface area contributed by atoms with Crippen molar-refractivity contribution in [1.82, 2.24) is 9.55 Å². The van der Waals surface area contributed by atoms with E-state index in [-0.39, 0.29) is 5.88 Å². The summed E-state index contributed by atoms with van der Waals surface area (Å²) in [6.07, 6.45) is -0.426. The van der Waals surface area contributed by atoms with Gasteiger partial charge in [0.2, 0.25) is 5.88 Å². The summed E-state index contributed by atoms with van der Waals surface area (Å²) >= 11 is 0. The van der Waals surface area contributed by atoms with Gasteiger partial charge in [-0.1, -0.05) is 6.92 Å². The van der Waals surface area contributed by atoms with Crippen molar-refractivity contribution >= 4 is 5.97 Å². The van der Waals surface area contributed by atoms with Crippen LogP contribution in [0.25, 0.3) is 0 Å². The van der Waals surface area contributed by atoms with Crippen molar-refractivity contribution in [2.75, 3.05) is 6.61 Å². The molecule has 0 amide bonds. The number of esters is 1. The largest absolute Gasteiger partial charge is 0.478 e. The van der Waals surface area contributed by atoms with Crippen LogP contribution in [0.3, 0.4) is 0 Å². The Bertz CT molecular complexity index is 627. The zero-order valence-corrected chi connectivity index (χ0v) is 13.7. The predicted octanol–water partition coefficient (Wildman–Crippen LogP) is 0.632. The molecule has 1 aromatic heterocycles. The molecule has 8 heteroatoms. The zero-order chi connectivity index (χ0) is 17.2. The van der Waals surface area contributed by atoms with Gasteiger partial charge in [0.05, 0.1) is 6.61 Å². The zero-order valence-electron chi connectivity index (χ0n) is 13.7. The van der Waals surface area contributed by atoms with E-state index < -0.39 is 35.7 Å². The molecule has 0 aromatic carbocycles. The summed E-state index contributed by atoms with van der Waals surface area (Å²) in [5.74, 6) is -0.315. The Balaban J connectivity index is 2.36. The minimum atomic E-state index is -1.56. The summed E-state index contributed by atoms with van der Waals surface area (Å²) in [7, 11) is 0. The van der Waals surface area contributed by atoms with Crippen LogP contribution in [0.1, 0.15) is 40.3 Å². The maximum absolute atomic E-state index is 12.2. The highest BCUT2D eigenvalue weighted by molar-refractivity contribution is 5.66. The van der Waals surface area contributed by atoms with E-state index in [4.69, 9.17) is 14.2 Å². The molecule has 23 heavy (non-hydrogen) atoms. The summed E-state index contributed by atoms with van der Waals surface area (Å²) in [4.78, 5) is 27.3. The van der Waals surface area contributed by atoms with Gasteiger partial charge in [-0.15, -0.1) is 0 Å². The average Bonchev–Trinajstić information content (AvgIpc) is 2.71. The molecule has 1 unspecified atom stereocenters. The van der Waals surface area contributed by atoms with Gasteiger partial charge in [0.1, 0.15) is 11.7 Å². The Labute approximate surface area is 134 Å². The van der Waals surface area contributed by atoms with Gasteiger partial charge in [0.25, 0.3) is 0 Å². The molecule has 8 nitrogen and oxygen atoms in total. The highest BCUT2D eigenvalue weighted by atomic mass is 16.6. The van der Waals surface area contributed by atoms with Gasteiger partial charge in [-0.05, 0) is 20.3 Å². The molecule has 0 radical (unpaired) electrons. The van der Waals surface area contributed by atoms with Gasteiger partial charge in [-0.2, -0.15) is 4.98 Å². The molecule has 2 rings (SSSR count). The Morgan fingerprint density at radius 3 is 2.74 bits per heavy atom. The summed E-state index contributed by atoms with van der Waals surface area (Å²) in [6.45, 7) is 6.76. The predicted molar refractivity (Wildman–Crippen MR) is 80.0 cm³/mol. The lowest BCUT2D eigenvalue weighted by atomic mass is 9.95. The number of carbonyl (C=O) groups excluding carboxylic acids is 1. The number of ether oxygens (including phenoxy) is 3. The molecule has 0 aliphatic carbocycles. The molecule has 0 spiro atoms. The van der Waals surface area contributed by atoms with E-state index in [0.717, 1.165) is 0 Å². The number of nitrogens with zero attached hydrogens (tertiary/aromatic N) is 2. The van der Waals surface area contributed by atoms with Crippen molar-refractivity contribution in [3.05, 3.63) is 22.7 Å². The van der Waals surface area contributed by atoms with E-state index in [1.54, 1.807) is 6.92 Å². The number of hydrogen-bond acceptors (Lipinski definition) is 7. The molecule has 1 saturated heterocycles. The van der Waals surface area contributed by atoms with Crippen LogP contribution in [0.4, 0.5) is 0 Å². The minimum absolute atomic E-state index is 0.204. The first-order valence-electron chi connectivity index (χ1n) is 7.58. The lowest BCUT2D eigenvalue weighted by molar-refractivity contribution is -0.161. The molecule has 1 aromatic rings. The molecule has 2 heterocycles. The molecular formula is C15H22N2O6. The first kappa shape index (κ1) is 17.4. The number of carbonyl (C=O) groups is 1. The first-order valence-corrected chi connectivity index (χ1v) is 7.58. The Kier molecular flexibility index (Phi) is 5.06. The van der Waals surface area contributed by atoms with E-state index in [2.05, 4.69) is 4.98 Å². The van der Waals surface area contributed by atoms with Crippen molar-refractivity contribution in [1.29, 1.82) is 0 Å². The molecule has 0 saturated carbocycles. The van der Waals surface area contributed by atoms with Crippen LogP contribution < -0.4 is 10.4 Å². The van der Waals surface area contributed by atoms with Crippen molar-refractivity contribution in [2.45, 2.75) is 58.2 Å². The third kappa shape index (κ3) is 3.37. The maximum atomic E-state index is 12.2. The van der Waals surface area contributed by atoms with Crippen LogP contribution in [-0.4, -0.2) is 45.0 Å². The van der Waals surface area contributed by atoms with Gasteiger partial charge < -0.3 is 19.3 Å². The van der Waals surface area contributed by atoms with Gasteiger partial charge in [-0.25, -0.2) is 4.79 Å². The fraction of sp³-hybridized carbons (Fsp3) is 0.667. The highest BCUT2D eigenvalue weighted by Crippen LogP contribution is 2.40. The first-order chi connectivity index (χ1) is 10.8. The van der Waals surface area contributed by atoms with Gasteiger partial charge in [0.15, 0.2) is 12.3 Å². The van der Waals surface area contributed by atoms with Gasteiger partial charge in [0, 0.05) is 19.2 Å². The molecular weight excluding hydrogens is 304 g/mol. The molecule has 128 valence electrons. The third-order valence-corrected chi connectivity index (χ3v) is 3.76. The Morgan fingerprint density at radius 1 is 1.52 bits per heavy atom. The lowest BCUT2D eigenvalue weighted by Gasteiger charge is -2.29. The van der Waals surface area contributed by atoms with E-state index in [1.165, 1.54) is 30.7 Å². The standard InChI is InChI=1S/C15H22N2O6/c1-5-10-12(22-9(3)18)15(4,20)13(23-10)17-8-7-11(21-6-2)16-14(17)19/h7-8,10,12-13,20H,5-6H2,1-4H3/t10-,12?,13-,15+/m1/s1. The SMILES string of the molecule is CCOc1ccn([C@@H]2O[C@H](CC)C(OC(C)=O)[C@]2(C)O)c(=O)n1. The fourth-order valence-corrected chi connectivity index (χ4v) is 2.73. The monoisotopic (exact) mass is 326 g/mol. The molecule has 1 aliphatic heterocycles. The molecule has 1 fully saturated rings. The number of hydrogen-bond donors (Lipinski definition) is 1. The number of rotatable bonds is 5. The number of aromatic nitrogens is 2. The van der Waals surface area contributed by atoms with Gasteiger partial charge in [-0.3, -0.25) is 9.36 Å². The second kappa shape index (κ2) is 6.67. The summed E-state index contributed by atoms with van der Waals surface area (Å²) in [6, 6.07) is 1.52. The van der Waals surface area contributed by atoms with Crippen LogP contribution in [0.5, 0.6) is 5.88 Å². The molecule has 4 atom stereocenters. The lowest BCUT2D eigenvalue weighted by Crippen LogP contribution is -2.47. The quantitative estimate of drug-likeness (QED) is 0.792. The van der Waals surface area contributed by atoms with Crippen LogP contribution in [0.15, 0.2) is 17.1 Å². The Hall–Kier alpha value is -1.93. The summed E-state index contributed by atoms with van der Waals surface area (Å²) in [5, 5.41) is 10.8. The van der Waals surface area contributed by atoms with Crippen LogP contribution >= 0.6 is 0 Å². The van der Waals surface area contributed by atoms with E-state index >= 15 is 0 Å². The minimum Gasteiger partial charge on any atom is -0.478 e. The second-order valence-corrected chi connectivity index (χ2v) is 5.58. The average molecular weight is 326 g/mol. The summed E-state index contributed by atoms with van der Waals surface area (Å²) < 4.78 is 17.3. The van der Waals surface area contributed by atoms with Gasteiger partial charge >= 0.3 is 11.7 Å². The van der Waals surface area contributed by atoms with Crippen LogP contribution in [0, 0.1) is 0 Å². The van der Waals surface area contributed by atoms with E-state index in [0.29, 0.717) is 13.0 Å². The number of aliphatic hydroxyl groups is 1. The van der Waals surface area contributed by atoms with Crippen molar-refractivity contribution in [2.24, 2.45) is 0 Å². The summed E-state index contributed by atoms with van der Waals surface area (Å²) in [5.41, 5.74) is -2.18. The fourth-order valence-electron chi connectivity index (χ4n) is 2.73. The van der Waals surface area contributed by atoms with Crippen molar-refractivity contribution < 1.29 is 24.1 Å². The molecule has 1 aliphatic rings.